The second-order valence-electron chi connectivity index (χ2n) is 5.36. The average Bonchev–Trinajstić information content (AvgIpc) is 2.09. The van der Waals surface area contributed by atoms with Crippen molar-refractivity contribution in [2.75, 3.05) is 26.4 Å². The van der Waals surface area contributed by atoms with Crippen LogP contribution in [-0.2, 0) is 9.16 Å². The summed E-state index contributed by atoms with van der Waals surface area (Å²) in [5, 5.41) is 0.297. The fourth-order valence-corrected chi connectivity index (χ4v) is 1.98. The molecule has 0 aliphatic rings. The average molecular weight is 233 g/mol. The van der Waals surface area contributed by atoms with Crippen LogP contribution in [0, 0.1) is 0 Å². The van der Waals surface area contributed by atoms with E-state index in [1.807, 2.05) is 0 Å². The van der Waals surface area contributed by atoms with Gasteiger partial charge in [0.2, 0.25) is 0 Å². The van der Waals surface area contributed by atoms with E-state index >= 15 is 0 Å². The van der Waals surface area contributed by atoms with Gasteiger partial charge < -0.3 is 14.9 Å². The zero-order valence-corrected chi connectivity index (χ0v) is 11.9. The number of hydrogen-bond acceptors (Lipinski definition) is 3. The molecule has 0 aromatic carbocycles. The summed E-state index contributed by atoms with van der Waals surface area (Å²) in [6.45, 7) is 14.1. The van der Waals surface area contributed by atoms with Crippen molar-refractivity contribution in [1.29, 1.82) is 0 Å². The first-order valence-electron chi connectivity index (χ1n) is 5.73. The van der Waals surface area contributed by atoms with Crippen LogP contribution in [-0.4, -0.2) is 34.7 Å². The molecule has 0 aromatic heterocycles. The number of nitrogens with two attached hydrogens (primary N) is 1. The minimum atomic E-state index is -1.55. The van der Waals surface area contributed by atoms with Gasteiger partial charge in [0.1, 0.15) is 0 Å². The molecule has 0 atom stereocenters. The summed E-state index contributed by atoms with van der Waals surface area (Å²) in [5.41, 5.74) is 5.32. The van der Waals surface area contributed by atoms with Crippen LogP contribution >= 0.6 is 0 Å². The third-order valence-electron chi connectivity index (χ3n) is 2.96. The standard InChI is InChI=1S/C11H27NO2Si/c1-11(2,3)15(4,5)14-9-6-8-13-10-7-12/h6-10,12H2,1-5H3. The Bertz CT molecular complexity index is 166. The molecule has 4 heteroatoms. The van der Waals surface area contributed by atoms with E-state index in [1.165, 1.54) is 0 Å². The largest absolute Gasteiger partial charge is 0.417 e. The van der Waals surface area contributed by atoms with Gasteiger partial charge in [-0.05, 0) is 24.6 Å². The highest BCUT2D eigenvalue weighted by atomic mass is 28.4. The molecule has 0 aliphatic heterocycles. The van der Waals surface area contributed by atoms with Gasteiger partial charge in [-0.25, -0.2) is 0 Å². The van der Waals surface area contributed by atoms with Crippen molar-refractivity contribution >= 4 is 8.32 Å². The molecule has 0 unspecified atom stereocenters. The summed E-state index contributed by atoms with van der Waals surface area (Å²) >= 11 is 0. The van der Waals surface area contributed by atoms with Crippen LogP contribution in [0.1, 0.15) is 27.2 Å². The normalized spacial score (nSPS) is 13.2. The number of ether oxygens (including phenoxy) is 1. The van der Waals surface area contributed by atoms with E-state index in [0.29, 0.717) is 18.2 Å². The summed E-state index contributed by atoms with van der Waals surface area (Å²) in [4.78, 5) is 0. The van der Waals surface area contributed by atoms with Crippen LogP contribution in [0.4, 0.5) is 0 Å². The quantitative estimate of drug-likeness (QED) is 0.542. The van der Waals surface area contributed by atoms with Gasteiger partial charge in [-0.2, -0.15) is 0 Å². The fraction of sp³-hybridized carbons (Fsp3) is 1.00. The lowest BCUT2D eigenvalue weighted by molar-refractivity contribution is 0.123. The van der Waals surface area contributed by atoms with Gasteiger partial charge in [0.25, 0.3) is 0 Å². The van der Waals surface area contributed by atoms with Gasteiger partial charge in [0.05, 0.1) is 6.61 Å². The molecule has 2 N–H and O–H groups in total. The van der Waals surface area contributed by atoms with Gasteiger partial charge in [0, 0.05) is 19.8 Å². The zero-order chi connectivity index (χ0) is 11.9. The Labute approximate surface area is 95.5 Å². The maximum absolute atomic E-state index is 6.00. The first kappa shape index (κ1) is 15.1. The molecule has 0 radical (unpaired) electrons. The van der Waals surface area contributed by atoms with Crippen LogP contribution in [0.3, 0.4) is 0 Å². The summed E-state index contributed by atoms with van der Waals surface area (Å²) in [6.07, 6.45) is 0.965. The first-order valence-corrected chi connectivity index (χ1v) is 8.64. The summed E-state index contributed by atoms with van der Waals surface area (Å²) in [5.74, 6) is 0. The van der Waals surface area contributed by atoms with Gasteiger partial charge in [-0.15, -0.1) is 0 Å². The molecule has 0 aromatic rings. The van der Waals surface area contributed by atoms with Crippen molar-refractivity contribution in [2.45, 2.75) is 45.3 Å². The zero-order valence-electron chi connectivity index (χ0n) is 10.9. The summed E-state index contributed by atoms with van der Waals surface area (Å²) in [6, 6.07) is 0. The lowest BCUT2D eigenvalue weighted by Crippen LogP contribution is -2.41. The van der Waals surface area contributed by atoms with Gasteiger partial charge in [-0.1, -0.05) is 20.8 Å². The molecule has 92 valence electrons. The molecule has 0 heterocycles. The van der Waals surface area contributed by atoms with E-state index in [4.69, 9.17) is 14.9 Å². The van der Waals surface area contributed by atoms with Gasteiger partial charge in [-0.3, -0.25) is 0 Å². The second-order valence-corrected chi connectivity index (χ2v) is 10.2. The number of hydrogen-bond donors (Lipinski definition) is 1. The highest BCUT2D eigenvalue weighted by Gasteiger charge is 2.36. The van der Waals surface area contributed by atoms with Crippen LogP contribution in [0.25, 0.3) is 0 Å². The van der Waals surface area contributed by atoms with E-state index in [2.05, 4.69) is 33.9 Å². The van der Waals surface area contributed by atoms with E-state index in [1.54, 1.807) is 0 Å². The van der Waals surface area contributed by atoms with Crippen LogP contribution in [0.2, 0.25) is 18.1 Å². The lowest BCUT2D eigenvalue weighted by Gasteiger charge is -2.36. The lowest BCUT2D eigenvalue weighted by atomic mass is 10.2. The molecular weight excluding hydrogens is 206 g/mol. The predicted molar refractivity (Wildman–Crippen MR) is 67.6 cm³/mol. The van der Waals surface area contributed by atoms with Crippen LogP contribution in [0.15, 0.2) is 0 Å². The minimum Gasteiger partial charge on any atom is -0.417 e. The van der Waals surface area contributed by atoms with Crippen molar-refractivity contribution in [3.05, 3.63) is 0 Å². The SMILES string of the molecule is CC(C)(C)[Si](C)(C)OCCCOCCN. The summed E-state index contributed by atoms with van der Waals surface area (Å²) < 4.78 is 11.3. The topological polar surface area (TPSA) is 44.5 Å². The molecule has 0 bridgehead atoms. The Balaban J connectivity index is 3.58. The molecule has 0 saturated heterocycles. The highest BCUT2D eigenvalue weighted by molar-refractivity contribution is 6.74. The van der Waals surface area contributed by atoms with E-state index < -0.39 is 8.32 Å². The van der Waals surface area contributed by atoms with Crippen molar-refractivity contribution in [1.82, 2.24) is 0 Å². The third-order valence-corrected chi connectivity index (χ3v) is 7.50. The highest BCUT2D eigenvalue weighted by Crippen LogP contribution is 2.36. The number of rotatable bonds is 7. The van der Waals surface area contributed by atoms with Crippen LogP contribution in [0.5, 0.6) is 0 Å². The molecule has 3 nitrogen and oxygen atoms in total. The summed E-state index contributed by atoms with van der Waals surface area (Å²) in [7, 11) is -1.55. The Kier molecular flexibility index (Phi) is 6.67. The van der Waals surface area contributed by atoms with Crippen LogP contribution < -0.4 is 5.73 Å². The predicted octanol–water partition coefficient (Wildman–Crippen LogP) is 2.37. The third kappa shape index (κ3) is 6.30. The fourth-order valence-electron chi connectivity index (χ4n) is 0.890. The molecule has 0 fully saturated rings. The maximum Gasteiger partial charge on any atom is 0.191 e. The van der Waals surface area contributed by atoms with Crippen molar-refractivity contribution in [2.24, 2.45) is 5.73 Å². The molecule has 15 heavy (non-hydrogen) atoms. The first-order chi connectivity index (χ1) is 6.81. The van der Waals surface area contributed by atoms with Crippen molar-refractivity contribution in [3.8, 4) is 0 Å². The molecular formula is C11H27NO2Si. The molecule has 0 spiro atoms. The Morgan fingerprint density at radius 2 is 1.67 bits per heavy atom. The van der Waals surface area contributed by atoms with Crippen molar-refractivity contribution in [3.63, 3.8) is 0 Å². The minimum absolute atomic E-state index is 0.297. The van der Waals surface area contributed by atoms with E-state index in [0.717, 1.165) is 19.6 Å². The van der Waals surface area contributed by atoms with E-state index in [9.17, 15) is 0 Å². The van der Waals surface area contributed by atoms with Gasteiger partial charge in [0.15, 0.2) is 8.32 Å². The molecule has 0 saturated carbocycles. The Morgan fingerprint density at radius 3 is 2.13 bits per heavy atom. The molecule has 0 rings (SSSR count). The molecule has 0 aliphatic carbocycles. The monoisotopic (exact) mass is 233 g/mol. The Hall–Kier alpha value is 0.0969. The second kappa shape index (κ2) is 6.63. The van der Waals surface area contributed by atoms with Gasteiger partial charge >= 0.3 is 0 Å². The van der Waals surface area contributed by atoms with Crippen molar-refractivity contribution < 1.29 is 9.16 Å². The maximum atomic E-state index is 6.00. The van der Waals surface area contributed by atoms with E-state index in [-0.39, 0.29) is 0 Å². The Morgan fingerprint density at radius 1 is 1.07 bits per heavy atom. The smallest absolute Gasteiger partial charge is 0.191 e. The molecule has 0 amide bonds.